The van der Waals surface area contributed by atoms with Crippen molar-refractivity contribution in [3.05, 3.63) is 70.2 Å². The number of nitrogens with zero attached hydrogens (tertiary/aromatic N) is 1. The first-order valence-corrected chi connectivity index (χ1v) is 14.9. The number of ether oxygens (including phenoxy) is 1. The zero-order valence-electron chi connectivity index (χ0n) is 21.4. The van der Waals surface area contributed by atoms with Crippen LogP contribution in [0.1, 0.15) is 26.3 Å². The van der Waals surface area contributed by atoms with Crippen molar-refractivity contribution in [2.24, 2.45) is 5.41 Å². The first-order chi connectivity index (χ1) is 17.5. The normalized spacial score (nSPS) is 19.1. The Morgan fingerprint density at radius 2 is 1.87 bits per heavy atom. The van der Waals surface area contributed by atoms with Crippen molar-refractivity contribution in [2.45, 2.75) is 38.3 Å². The molecule has 0 radical (unpaired) electrons. The van der Waals surface area contributed by atoms with Crippen LogP contribution in [0.2, 0.25) is 0 Å². The van der Waals surface area contributed by atoms with Gasteiger partial charge in [-0.15, -0.1) is 0 Å². The molecule has 13 heteroatoms. The molecule has 1 atom stereocenters. The number of aliphatic hydroxyl groups is 1. The van der Waals surface area contributed by atoms with E-state index in [1.54, 1.807) is 0 Å². The molecule has 0 spiro atoms. The molecule has 0 bridgehead atoms. The molecule has 2 aromatic carbocycles. The Labute approximate surface area is 220 Å². The smallest absolute Gasteiger partial charge is 0.260 e. The van der Waals surface area contributed by atoms with E-state index in [-0.39, 0.29) is 45.6 Å². The number of nitrogens with one attached hydrogen (secondary N) is 2. The fourth-order valence-corrected chi connectivity index (χ4v) is 6.49. The van der Waals surface area contributed by atoms with Gasteiger partial charge in [0.05, 0.1) is 41.1 Å². The zero-order chi connectivity index (χ0) is 28.2. The molecular formula is C25H28FN3O7S2. The van der Waals surface area contributed by atoms with Gasteiger partial charge in [-0.25, -0.2) is 21.2 Å². The van der Waals surface area contributed by atoms with Crippen LogP contribution in [0.3, 0.4) is 0 Å². The molecule has 38 heavy (non-hydrogen) atoms. The predicted molar refractivity (Wildman–Crippen MR) is 140 cm³/mol. The summed E-state index contributed by atoms with van der Waals surface area (Å²) in [6.07, 6.45) is 0.942. The van der Waals surface area contributed by atoms with Gasteiger partial charge < -0.3 is 20.1 Å². The molecule has 0 saturated carbocycles. The highest BCUT2D eigenvalue weighted by Crippen LogP contribution is 2.42. The molecule has 0 aliphatic carbocycles. The number of hydrogen-bond donors (Lipinski definition) is 3. The van der Waals surface area contributed by atoms with Gasteiger partial charge in [-0.3, -0.25) is 9.52 Å². The average molecular weight is 566 g/mol. The number of aliphatic hydroxyl groups excluding tert-OH is 1. The van der Waals surface area contributed by atoms with Crippen molar-refractivity contribution >= 4 is 37.1 Å². The lowest BCUT2D eigenvalue weighted by Gasteiger charge is -2.35. The van der Waals surface area contributed by atoms with Gasteiger partial charge in [0.2, 0.25) is 19.9 Å². The lowest BCUT2D eigenvalue weighted by Crippen LogP contribution is -2.43. The fourth-order valence-electron chi connectivity index (χ4n) is 4.60. The second kappa shape index (κ2) is 9.31. The molecule has 3 N–H and O–H groups in total. The second-order valence-electron chi connectivity index (χ2n) is 10.2. The van der Waals surface area contributed by atoms with Crippen molar-refractivity contribution in [2.75, 3.05) is 23.4 Å². The van der Waals surface area contributed by atoms with Gasteiger partial charge in [0.1, 0.15) is 11.3 Å². The van der Waals surface area contributed by atoms with Gasteiger partial charge in [0.15, 0.2) is 11.6 Å². The van der Waals surface area contributed by atoms with E-state index in [1.165, 1.54) is 48.4 Å². The number of carbonyl (C=O) groups is 1. The highest BCUT2D eigenvalue weighted by atomic mass is 32.2. The van der Waals surface area contributed by atoms with Crippen LogP contribution < -0.4 is 14.8 Å². The quantitative estimate of drug-likeness (QED) is 0.483. The standard InChI is InChI=1S/C25H28FN3O7S2/c1-25(2,3)23-22(30)21(24(31)29(23)12-14-6-8-16(26)19(10-14)36-4)18-13-38(34,35)20-11-15(28-37(5,32)33)7-9-17(20)27-18/h6-11,13,23,27-28,30H,12H2,1-5H3/t23-/m1/s1. The summed E-state index contributed by atoms with van der Waals surface area (Å²) in [7, 11) is -6.44. The number of fused-ring (bicyclic) bond motifs is 1. The summed E-state index contributed by atoms with van der Waals surface area (Å²) in [5, 5.41) is 15.0. The highest BCUT2D eigenvalue weighted by molar-refractivity contribution is 7.94. The number of amides is 1. The van der Waals surface area contributed by atoms with Gasteiger partial charge in [-0.1, -0.05) is 26.8 Å². The maximum Gasteiger partial charge on any atom is 0.260 e. The fraction of sp³-hybridized carbons (Fsp3) is 0.320. The Hall–Kier alpha value is -3.58. The zero-order valence-corrected chi connectivity index (χ0v) is 23.0. The number of carbonyl (C=O) groups excluding carboxylic acids is 1. The molecule has 1 amide bonds. The van der Waals surface area contributed by atoms with E-state index in [9.17, 15) is 31.1 Å². The van der Waals surface area contributed by atoms with E-state index in [1.807, 2.05) is 20.8 Å². The second-order valence-corrected chi connectivity index (χ2v) is 13.7. The Balaban J connectivity index is 1.74. The van der Waals surface area contributed by atoms with Crippen LogP contribution >= 0.6 is 0 Å². The number of methoxy groups -OCH3 is 1. The van der Waals surface area contributed by atoms with Gasteiger partial charge >= 0.3 is 0 Å². The minimum atomic E-state index is -4.13. The van der Waals surface area contributed by atoms with Crippen molar-refractivity contribution in [3.8, 4) is 5.75 Å². The third-order valence-electron chi connectivity index (χ3n) is 6.09. The molecule has 0 unspecified atom stereocenters. The summed E-state index contributed by atoms with van der Waals surface area (Å²) < 4.78 is 70.6. The monoisotopic (exact) mass is 565 g/mol. The Kier molecular flexibility index (Phi) is 6.73. The number of anilines is 2. The van der Waals surface area contributed by atoms with Crippen LogP contribution in [-0.4, -0.2) is 52.2 Å². The van der Waals surface area contributed by atoms with Gasteiger partial charge in [-0.2, -0.15) is 0 Å². The van der Waals surface area contributed by atoms with Crippen LogP contribution in [0.5, 0.6) is 5.75 Å². The molecule has 2 aromatic rings. The van der Waals surface area contributed by atoms with Crippen LogP contribution in [0, 0.1) is 11.2 Å². The molecule has 0 fully saturated rings. The van der Waals surface area contributed by atoms with Crippen molar-refractivity contribution in [1.82, 2.24) is 4.90 Å². The molecule has 2 aliphatic rings. The van der Waals surface area contributed by atoms with E-state index in [0.717, 1.165) is 11.7 Å². The molecule has 10 nitrogen and oxygen atoms in total. The molecule has 4 rings (SSSR count). The number of benzene rings is 2. The summed E-state index contributed by atoms with van der Waals surface area (Å²) in [6, 6.07) is 7.28. The van der Waals surface area contributed by atoms with Crippen LogP contribution in [0.4, 0.5) is 15.8 Å². The first kappa shape index (κ1) is 27.5. The van der Waals surface area contributed by atoms with Gasteiger partial charge in [0.25, 0.3) is 5.91 Å². The molecule has 2 heterocycles. The Morgan fingerprint density at radius 3 is 2.47 bits per heavy atom. The molecule has 204 valence electrons. The van der Waals surface area contributed by atoms with Crippen molar-refractivity contribution < 1.29 is 35.9 Å². The van der Waals surface area contributed by atoms with Crippen molar-refractivity contribution in [1.29, 1.82) is 0 Å². The lowest BCUT2D eigenvalue weighted by atomic mass is 9.85. The third-order valence-corrected chi connectivity index (χ3v) is 8.20. The molecule has 2 aliphatic heterocycles. The average Bonchev–Trinajstić information content (AvgIpc) is 3.03. The van der Waals surface area contributed by atoms with Crippen molar-refractivity contribution in [3.63, 3.8) is 0 Å². The lowest BCUT2D eigenvalue weighted by molar-refractivity contribution is -0.129. The predicted octanol–water partition coefficient (Wildman–Crippen LogP) is 3.52. The van der Waals surface area contributed by atoms with Gasteiger partial charge in [-0.05, 0) is 41.3 Å². The molecule has 0 aromatic heterocycles. The number of rotatable bonds is 6. The molecule has 0 saturated heterocycles. The molecular weight excluding hydrogens is 537 g/mol. The highest BCUT2D eigenvalue weighted by Gasteiger charge is 2.47. The number of sulfone groups is 1. The van der Waals surface area contributed by atoms with Crippen LogP contribution in [-0.2, 0) is 31.2 Å². The van der Waals surface area contributed by atoms with Crippen LogP contribution in [0.25, 0.3) is 0 Å². The maximum absolute atomic E-state index is 13.9. The number of halogens is 1. The van der Waals surface area contributed by atoms with Crippen LogP contribution in [0.15, 0.2) is 63.7 Å². The maximum atomic E-state index is 13.9. The minimum absolute atomic E-state index is 0.00209. The number of hydrogen-bond acceptors (Lipinski definition) is 8. The Morgan fingerprint density at radius 1 is 1.18 bits per heavy atom. The summed E-state index contributed by atoms with van der Waals surface area (Å²) in [5.74, 6) is -1.47. The topological polar surface area (TPSA) is 142 Å². The summed E-state index contributed by atoms with van der Waals surface area (Å²) in [4.78, 5) is 14.9. The first-order valence-electron chi connectivity index (χ1n) is 11.4. The van der Waals surface area contributed by atoms with E-state index >= 15 is 0 Å². The van der Waals surface area contributed by atoms with E-state index in [0.29, 0.717) is 5.56 Å². The summed E-state index contributed by atoms with van der Waals surface area (Å²) >= 11 is 0. The minimum Gasteiger partial charge on any atom is -0.509 e. The van der Waals surface area contributed by atoms with Gasteiger partial charge in [0, 0.05) is 12.2 Å². The Bertz CT molecular complexity index is 1610. The number of sulfonamides is 1. The third kappa shape index (κ3) is 5.20. The summed E-state index contributed by atoms with van der Waals surface area (Å²) in [5.41, 5.74) is -0.243. The largest absolute Gasteiger partial charge is 0.509 e. The van der Waals surface area contributed by atoms with E-state index < -0.39 is 43.0 Å². The van der Waals surface area contributed by atoms with E-state index in [4.69, 9.17) is 4.74 Å². The van der Waals surface area contributed by atoms with E-state index in [2.05, 4.69) is 10.0 Å². The summed E-state index contributed by atoms with van der Waals surface area (Å²) in [6.45, 7) is 5.48. The SMILES string of the molecule is COc1cc(CN2C(=O)C(C3=CS(=O)(=O)c4cc(NS(C)(=O)=O)ccc4N3)=C(O)[C@@H]2C(C)(C)C)ccc1F.